The van der Waals surface area contributed by atoms with E-state index in [2.05, 4.69) is 10.6 Å². The standard InChI is InChI=1S/C15H19N3O3/c1-9-4-2-3-5-10(9)8-12(14(16)20)18-15(21)11-6-7-13(19)17-11/h2-5,11-12H,6-8H2,1H3,(H2,16,20)(H,17,19)(H,18,21)/t11-,12-/m1/s1. The van der Waals surface area contributed by atoms with Crippen LogP contribution < -0.4 is 16.4 Å². The summed E-state index contributed by atoms with van der Waals surface area (Å²) in [5, 5.41) is 5.20. The van der Waals surface area contributed by atoms with Crippen molar-refractivity contribution in [3.05, 3.63) is 35.4 Å². The van der Waals surface area contributed by atoms with Gasteiger partial charge in [0.05, 0.1) is 0 Å². The van der Waals surface area contributed by atoms with Gasteiger partial charge in [0, 0.05) is 12.8 Å². The van der Waals surface area contributed by atoms with Crippen molar-refractivity contribution in [3.63, 3.8) is 0 Å². The van der Waals surface area contributed by atoms with Crippen LogP contribution in [0.5, 0.6) is 0 Å². The predicted octanol–water partition coefficient (Wildman–Crippen LogP) is -0.214. The highest BCUT2D eigenvalue weighted by Gasteiger charge is 2.29. The van der Waals surface area contributed by atoms with Crippen LogP contribution >= 0.6 is 0 Å². The quantitative estimate of drug-likeness (QED) is 0.699. The van der Waals surface area contributed by atoms with Crippen molar-refractivity contribution in [1.29, 1.82) is 0 Å². The second-order valence-electron chi connectivity index (χ2n) is 5.25. The molecular weight excluding hydrogens is 270 g/mol. The van der Waals surface area contributed by atoms with Gasteiger partial charge < -0.3 is 16.4 Å². The summed E-state index contributed by atoms with van der Waals surface area (Å²) in [6.45, 7) is 1.94. The summed E-state index contributed by atoms with van der Waals surface area (Å²) >= 11 is 0. The molecule has 0 unspecified atom stereocenters. The number of amides is 3. The van der Waals surface area contributed by atoms with Crippen molar-refractivity contribution in [1.82, 2.24) is 10.6 Å². The Morgan fingerprint density at radius 3 is 2.71 bits per heavy atom. The van der Waals surface area contributed by atoms with E-state index in [1.807, 2.05) is 31.2 Å². The van der Waals surface area contributed by atoms with Crippen LogP contribution in [0.2, 0.25) is 0 Å². The molecule has 1 heterocycles. The van der Waals surface area contributed by atoms with Gasteiger partial charge in [-0.2, -0.15) is 0 Å². The number of hydrogen-bond acceptors (Lipinski definition) is 3. The van der Waals surface area contributed by atoms with Gasteiger partial charge >= 0.3 is 0 Å². The van der Waals surface area contributed by atoms with E-state index in [0.717, 1.165) is 11.1 Å². The fourth-order valence-corrected chi connectivity index (χ4v) is 2.36. The van der Waals surface area contributed by atoms with E-state index in [-0.39, 0.29) is 11.8 Å². The van der Waals surface area contributed by atoms with Crippen LogP contribution in [-0.4, -0.2) is 29.8 Å². The highest BCUT2D eigenvalue weighted by molar-refractivity contribution is 5.93. The van der Waals surface area contributed by atoms with E-state index in [0.29, 0.717) is 19.3 Å². The van der Waals surface area contributed by atoms with Crippen LogP contribution in [0, 0.1) is 6.92 Å². The molecule has 0 radical (unpaired) electrons. The molecule has 1 saturated heterocycles. The van der Waals surface area contributed by atoms with E-state index in [4.69, 9.17) is 5.73 Å². The maximum Gasteiger partial charge on any atom is 0.243 e. The van der Waals surface area contributed by atoms with Crippen LogP contribution in [0.1, 0.15) is 24.0 Å². The second kappa shape index (κ2) is 6.39. The zero-order chi connectivity index (χ0) is 15.4. The van der Waals surface area contributed by atoms with Crippen molar-refractivity contribution in [2.75, 3.05) is 0 Å². The molecule has 1 aromatic carbocycles. The molecule has 1 aromatic rings. The molecule has 3 amide bonds. The van der Waals surface area contributed by atoms with Crippen LogP contribution in [0.15, 0.2) is 24.3 Å². The topological polar surface area (TPSA) is 101 Å². The number of hydrogen-bond donors (Lipinski definition) is 3. The number of primary amides is 1. The number of benzene rings is 1. The lowest BCUT2D eigenvalue weighted by Gasteiger charge is -2.19. The molecule has 1 fully saturated rings. The average molecular weight is 289 g/mol. The summed E-state index contributed by atoms with van der Waals surface area (Å²) in [5.41, 5.74) is 7.36. The Morgan fingerprint density at radius 1 is 1.43 bits per heavy atom. The van der Waals surface area contributed by atoms with Gasteiger partial charge in [-0.1, -0.05) is 24.3 Å². The SMILES string of the molecule is Cc1ccccc1C[C@@H](NC(=O)[C@H]1CCC(=O)N1)C(N)=O. The Labute approximate surface area is 123 Å². The molecule has 2 atom stereocenters. The summed E-state index contributed by atoms with van der Waals surface area (Å²) in [6.07, 6.45) is 1.12. The Bertz CT molecular complexity index is 571. The van der Waals surface area contributed by atoms with Crippen molar-refractivity contribution in [2.45, 2.75) is 38.3 Å². The lowest BCUT2D eigenvalue weighted by Crippen LogP contribution is -2.51. The molecule has 21 heavy (non-hydrogen) atoms. The van der Waals surface area contributed by atoms with Gasteiger partial charge in [0.2, 0.25) is 17.7 Å². The Hall–Kier alpha value is -2.37. The first kappa shape index (κ1) is 15.0. The highest BCUT2D eigenvalue weighted by Crippen LogP contribution is 2.11. The van der Waals surface area contributed by atoms with Crippen molar-refractivity contribution >= 4 is 17.7 Å². The monoisotopic (exact) mass is 289 g/mol. The van der Waals surface area contributed by atoms with Gasteiger partial charge in [-0.25, -0.2) is 0 Å². The van der Waals surface area contributed by atoms with E-state index >= 15 is 0 Å². The van der Waals surface area contributed by atoms with E-state index in [9.17, 15) is 14.4 Å². The largest absolute Gasteiger partial charge is 0.368 e. The third-order valence-corrected chi connectivity index (χ3v) is 3.66. The first-order valence-electron chi connectivity index (χ1n) is 6.91. The van der Waals surface area contributed by atoms with Gasteiger partial charge in [0.15, 0.2) is 0 Å². The minimum atomic E-state index is -0.781. The molecule has 4 N–H and O–H groups in total. The third kappa shape index (κ3) is 3.81. The zero-order valence-electron chi connectivity index (χ0n) is 11.9. The highest BCUT2D eigenvalue weighted by atomic mass is 16.2. The summed E-state index contributed by atoms with van der Waals surface area (Å²) < 4.78 is 0. The third-order valence-electron chi connectivity index (χ3n) is 3.66. The van der Waals surface area contributed by atoms with E-state index in [1.54, 1.807) is 0 Å². The molecule has 1 aliphatic heterocycles. The number of carbonyl (C=O) groups excluding carboxylic acids is 3. The molecule has 112 valence electrons. The van der Waals surface area contributed by atoms with E-state index in [1.165, 1.54) is 0 Å². The molecule has 1 aliphatic rings. The Morgan fingerprint density at radius 2 is 2.14 bits per heavy atom. The number of nitrogens with one attached hydrogen (secondary N) is 2. The minimum absolute atomic E-state index is 0.148. The summed E-state index contributed by atoms with van der Waals surface area (Å²) in [5.74, 6) is -1.10. The van der Waals surface area contributed by atoms with Crippen LogP contribution in [0.4, 0.5) is 0 Å². The molecule has 0 aromatic heterocycles. The first-order valence-corrected chi connectivity index (χ1v) is 6.91. The molecule has 0 bridgehead atoms. The Kier molecular flexibility index (Phi) is 4.57. The van der Waals surface area contributed by atoms with Crippen LogP contribution in [0.25, 0.3) is 0 Å². The Balaban J connectivity index is 2.03. The van der Waals surface area contributed by atoms with Gasteiger partial charge in [0.1, 0.15) is 12.1 Å². The van der Waals surface area contributed by atoms with Crippen LogP contribution in [-0.2, 0) is 20.8 Å². The van der Waals surface area contributed by atoms with Gasteiger partial charge in [0.25, 0.3) is 0 Å². The van der Waals surface area contributed by atoms with E-state index < -0.39 is 18.0 Å². The predicted molar refractivity (Wildman–Crippen MR) is 77.2 cm³/mol. The maximum absolute atomic E-state index is 12.0. The fraction of sp³-hybridized carbons (Fsp3) is 0.400. The molecule has 2 rings (SSSR count). The average Bonchev–Trinajstić information content (AvgIpc) is 2.87. The normalized spacial score (nSPS) is 18.9. The molecule has 6 heteroatoms. The van der Waals surface area contributed by atoms with Crippen LogP contribution in [0.3, 0.4) is 0 Å². The summed E-state index contributed by atoms with van der Waals surface area (Å²) in [6, 6.07) is 6.26. The van der Waals surface area contributed by atoms with Crippen molar-refractivity contribution in [2.24, 2.45) is 5.73 Å². The number of rotatable bonds is 5. The lowest BCUT2D eigenvalue weighted by molar-refractivity contribution is -0.129. The molecule has 6 nitrogen and oxygen atoms in total. The number of nitrogens with two attached hydrogens (primary N) is 1. The lowest BCUT2D eigenvalue weighted by atomic mass is 10.0. The van der Waals surface area contributed by atoms with Gasteiger partial charge in [-0.15, -0.1) is 0 Å². The van der Waals surface area contributed by atoms with Crippen molar-refractivity contribution in [3.8, 4) is 0 Å². The molecule has 0 saturated carbocycles. The second-order valence-corrected chi connectivity index (χ2v) is 5.25. The molecule has 0 aliphatic carbocycles. The molecular formula is C15H19N3O3. The van der Waals surface area contributed by atoms with Gasteiger partial charge in [-0.05, 0) is 24.5 Å². The summed E-state index contributed by atoms with van der Waals surface area (Å²) in [7, 11) is 0. The fourth-order valence-electron chi connectivity index (χ4n) is 2.36. The number of aryl methyl sites for hydroxylation is 1. The van der Waals surface area contributed by atoms with Gasteiger partial charge in [-0.3, -0.25) is 14.4 Å². The maximum atomic E-state index is 12.0. The minimum Gasteiger partial charge on any atom is -0.368 e. The first-order chi connectivity index (χ1) is 9.97. The summed E-state index contributed by atoms with van der Waals surface area (Å²) in [4.78, 5) is 34.7. The van der Waals surface area contributed by atoms with Crippen molar-refractivity contribution < 1.29 is 14.4 Å². The zero-order valence-corrected chi connectivity index (χ0v) is 11.9. The molecule has 0 spiro atoms. The smallest absolute Gasteiger partial charge is 0.243 e. The number of carbonyl (C=O) groups is 3.